The molecule has 6 heteroatoms. The lowest BCUT2D eigenvalue weighted by Crippen LogP contribution is -2.38. The van der Waals surface area contributed by atoms with Gasteiger partial charge in [-0.2, -0.15) is 4.68 Å². The van der Waals surface area contributed by atoms with Crippen molar-refractivity contribution in [2.75, 3.05) is 25.0 Å². The molecule has 1 saturated heterocycles. The van der Waals surface area contributed by atoms with Crippen molar-refractivity contribution in [2.24, 2.45) is 0 Å². The average molecular weight is 300 g/mol. The normalized spacial score (nSPS) is 19.2. The van der Waals surface area contributed by atoms with Crippen LogP contribution >= 0.6 is 0 Å². The number of anilines is 1. The van der Waals surface area contributed by atoms with Crippen LogP contribution in [0.2, 0.25) is 0 Å². The highest BCUT2D eigenvalue weighted by molar-refractivity contribution is 5.38. The highest BCUT2D eigenvalue weighted by Gasteiger charge is 2.17. The molecule has 6 nitrogen and oxygen atoms in total. The third-order valence-corrected chi connectivity index (χ3v) is 4.32. The van der Waals surface area contributed by atoms with E-state index in [4.69, 9.17) is 0 Å². The van der Waals surface area contributed by atoms with Crippen molar-refractivity contribution in [1.29, 1.82) is 0 Å². The number of para-hydroxylation sites is 1. The Balaban J connectivity index is 1.49. The Morgan fingerprint density at radius 1 is 1.23 bits per heavy atom. The largest absolute Gasteiger partial charge is 0.353 e. The summed E-state index contributed by atoms with van der Waals surface area (Å²) >= 11 is 0. The summed E-state index contributed by atoms with van der Waals surface area (Å²) in [4.78, 5) is 2.59. The highest BCUT2D eigenvalue weighted by Crippen LogP contribution is 2.16. The van der Waals surface area contributed by atoms with Gasteiger partial charge in [-0.15, -0.1) is 0 Å². The molecule has 2 aromatic rings. The van der Waals surface area contributed by atoms with E-state index in [2.05, 4.69) is 32.7 Å². The number of hydrogen-bond acceptors (Lipinski definition) is 5. The van der Waals surface area contributed by atoms with Crippen LogP contribution < -0.4 is 5.32 Å². The Bertz CT molecular complexity index is 567. The van der Waals surface area contributed by atoms with E-state index >= 15 is 0 Å². The minimum absolute atomic E-state index is 0.706. The van der Waals surface area contributed by atoms with Crippen LogP contribution in [0.3, 0.4) is 0 Å². The van der Waals surface area contributed by atoms with Gasteiger partial charge in [0.15, 0.2) is 0 Å². The number of rotatable bonds is 6. The van der Waals surface area contributed by atoms with E-state index in [-0.39, 0.29) is 0 Å². The molecule has 0 aliphatic carbocycles. The van der Waals surface area contributed by atoms with E-state index in [1.54, 1.807) is 4.68 Å². The van der Waals surface area contributed by atoms with Crippen molar-refractivity contribution in [3.8, 4) is 5.69 Å². The number of likely N-dealkylation sites (tertiary alicyclic amines) is 1. The lowest BCUT2D eigenvalue weighted by Gasteiger charge is -2.33. The van der Waals surface area contributed by atoms with Crippen LogP contribution in [0.15, 0.2) is 30.3 Å². The van der Waals surface area contributed by atoms with E-state index in [0.717, 1.165) is 31.2 Å². The summed E-state index contributed by atoms with van der Waals surface area (Å²) in [5, 5.41) is 15.2. The second-order valence-electron chi connectivity index (χ2n) is 5.91. The number of aromatic nitrogens is 4. The van der Waals surface area contributed by atoms with Crippen LogP contribution in [0.5, 0.6) is 0 Å². The fourth-order valence-corrected chi connectivity index (χ4v) is 3.01. The number of nitrogens with one attached hydrogen (secondary N) is 1. The second-order valence-corrected chi connectivity index (χ2v) is 5.91. The molecule has 22 heavy (non-hydrogen) atoms. The van der Waals surface area contributed by atoms with Gasteiger partial charge in [-0.3, -0.25) is 0 Å². The third kappa shape index (κ3) is 3.62. The quantitative estimate of drug-likeness (QED) is 0.830. The smallest absolute Gasteiger partial charge is 0.247 e. The second kappa shape index (κ2) is 7.35. The molecule has 1 atom stereocenters. The first-order chi connectivity index (χ1) is 10.8. The van der Waals surface area contributed by atoms with Crippen LogP contribution in [-0.2, 0) is 0 Å². The molecule has 0 bridgehead atoms. The Hall–Kier alpha value is -1.95. The maximum Gasteiger partial charge on any atom is 0.247 e. The number of nitrogens with zero attached hydrogens (tertiary/aromatic N) is 5. The van der Waals surface area contributed by atoms with Crippen LogP contribution in [0.25, 0.3) is 5.69 Å². The van der Waals surface area contributed by atoms with Crippen LogP contribution in [0, 0.1) is 0 Å². The van der Waals surface area contributed by atoms with E-state index in [9.17, 15) is 0 Å². The van der Waals surface area contributed by atoms with Gasteiger partial charge in [0.1, 0.15) is 0 Å². The minimum atomic E-state index is 0.706. The number of piperidine rings is 1. The molecule has 1 aromatic carbocycles. The van der Waals surface area contributed by atoms with Gasteiger partial charge >= 0.3 is 0 Å². The lowest BCUT2D eigenvalue weighted by molar-refractivity contribution is 0.160. The minimum Gasteiger partial charge on any atom is -0.353 e. The topological polar surface area (TPSA) is 58.9 Å². The maximum absolute atomic E-state index is 4.07. The summed E-state index contributed by atoms with van der Waals surface area (Å²) in [6.45, 7) is 5.60. The molecule has 1 aliphatic heterocycles. The summed E-state index contributed by atoms with van der Waals surface area (Å²) < 4.78 is 1.74. The van der Waals surface area contributed by atoms with Gasteiger partial charge < -0.3 is 10.2 Å². The fourth-order valence-electron chi connectivity index (χ4n) is 3.01. The Morgan fingerprint density at radius 2 is 2.09 bits per heavy atom. The number of benzene rings is 1. The van der Waals surface area contributed by atoms with Gasteiger partial charge in [0.05, 0.1) is 5.69 Å². The molecule has 1 unspecified atom stereocenters. The molecule has 0 radical (unpaired) electrons. The summed E-state index contributed by atoms with van der Waals surface area (Å²) in [7, 11) is 0. The zero-order valence-electron chi connectivity index (χ0n) is 13.1. The summed E-state index contributed by atoms with van der Waals surface area (Å²) in [5.74, 6) is 0.706. The van der Waals surface area contributed by atoms with E-state index in [0.29, 0.717) is 5.95 Å². The Kier molecular flexibility index (Phi) is 5.00. The summed E-state index contributed by atoms with van der Waals surface area (Å²) in [6.07, 6.45) is 5.15. The first-order valence-corrected chi connectivity index (χ1v) is 8.16. The predicted molar refractivity (Wildman–Crippen MR) is 87.1 cm³/mol. The average Bonchev–Trinajstić information content (AvgIpc) is 3.02. The van der Waals surface area contributed by atoms with Gasteiger partial charge in [0, 0.05) is 19.1 Å². The van der Waals surface area contributed by atoms with Crippen molar-refractivity contribution < 1.29 is 0 Å². The van der Waals surface area contributed by atoms with Crippen molar-refractivity contribution >= 4 is 5.95 Å². The molecule has 1 fully saturated rings. The maximum atomic E-state index is 4.07. The molecule has 0 spiro atoms. The van der Waals surface area contributed by atoms with Crippen molar-refractivity contribution in [2.45, 2.75) is 38.6 Å². The SMILES string of the molecule is CC1CCCCN1CCCNc1nnnn1-c1ccccc1. The van der Waals surface area contributed by atoms with Gasteiger partial charge in [-0.05, 0) is 55.3 Å². The van der Waals surface area contributed by atoms with Crippen molar-refractivity contribution in [1.82, 2.24) is 25.1 Å². The van der Waals surface area contributed by atoms with Gasteiger partial charge in [-0.1, -0.05) is 29.7 Å². The zero-order valence-corrected chi connectivity index (χ0v) is 13.1. The predicted octanol–water partition coefficient (Wildman–Crippen LogP) is 2.34. The number of hydrogen-bond donors (Lipinski definition) is 1. The van der Waals surface area contributed by atoms with Crippen molar-refractivity contribution in [3.05, 3.63) is 30.3 Å². The van der Waals surface area contributed by atoms with Crippen molar-refractivity contribution in [3.63, 3.8) is 0 Å². The van der Waals surface area contributed by atoms with Crippen LogP contribution in [0.1, 0.15) is 32.6 Å². The fraction of sp³-hybridized carbons (Fsp3) is 0.562. The molecule has 1 aliphatic rings. The standard InChI is InChI=1S/C16H24N6/c1-14-8-5-6-12-21(14)13-7-11-17-16-18-19-20-22(16)15-9-3-2-4-10-15/h2-4,9-10,14H,5-8,11-13H2,1H3,(H,17,18,20). The Morgan fingerprint density at radius 3 is 2.91 bits per heavy atom. The molecule has 1 N–H and O–H groups in total. The summed E-state index contributed by atoms with van der Waals surface area (Å²) in [5.41, 5.74) is 0.972. The zero-order chi connectivity index (χ0) is 15.2. The van der Waals surface area contributed by atoms with E-state index in [1.807, 2.05) is 30.3 Å². The first kappa shape index (κ1) is 15.0. The number of tetrazole rings is 1. The summed E-state index contributed by atoms with van der Waals surface area (Å²) in [6, 6.07) is 10.7. The molecule has 118 valence electrons. The molecule has 1 aromatic heterocycles. The highest BCUT2D eigenvalue weighted by atomic mass is 15.6. The van der Waals surface area contributed by atoms with Gasteiger partial charge in [0.2, 0.25) is 5.95 Å². The van der Waals surface area contributed by atoms with Gasteiger partial charge in [0.25, 0.3) is 0 Å². The van der Waals surface area contributed by atoms with E-state index in [1.165, 1.54) is 25.8 Å². The monoisotopic (exact) mass is 300 g/mol. The molecule has 0 amide bonds. The lowest BCUT2D eigenvalue weighted by atomic mass is 10.0. The Labute approximate surface area is 131 Å². The molecule has 3 rings (SSSR count). The molecule has 0 saturated carbocycles. The molecular formula is C16H24N6. The van der Waals surface area contributed by atoms with E-state index < -0.39 is 0 Å². The molecular weight excluding hydrogens is 276 g/mol. The van der Waals surface area contributed by atoms with Crippen LogP contribution in [0.4, 0.5) is 5.95 Å². The third-order valence-electron chi connectivity index (χ3n) is 4.32. The van der Waals surface area contributed by atoms with Gasteiger partial charge in [-0.25, -0.2) is 0 Å². The van der Waals surface area contributed by atoms with Crippen LogP contribution in [-0.4, -0.2) is 50.8 Å². The molecule has 2 heterocycles. The first-order valence-electron chi connectivity index (χ1n) is 8.16.